The van der Waals surface area contributed by atoms with E-state index in [4.69, 9.17) is 0 Å². The zero-order valence-corrected chi connectivity index (χ0v) is 12.6. The first-order chi connectivity index (χ1) is 10.3. The topological polar surface area (TPSA) is 34.9 Å². The Kier molecular flexibility index (Phi) is 4.18. The van der Waals surface area contributed by atoms with Gasteiger partial charge in [-0.2, -0.15) is 0 Å². The summed E-state index contributed by atoms with van der Waals surface area (Å²) in [7, 11) is 0. The number of benzene rings is 1. The summed E-state index contributed by atoms with van der Waals surface area (Å²) >= 11 is 0. The van der Waals surface area contributed by atoms with Crippen LogP contribution in [0.25, 0.3) is 0 Å². The highest BCUT2D eigenvalue weighted by molar-refractivity contribution is 5.95. The Labute approximate surface area is 126 Å². The number of hydrogen-bond acceptors (Lipinski definition) is 2. The number of aryl methyl sites for hydroxylation is 2. The number of carbonyl (C=O) groups excluding carboxylic acids is 1. The molecule has 0 radical (unpaired) electrons. The minimum Gasteiger partial charge on any atom is -0.332 e. The predicted molar refractivity (Wildman–Crippen MR) is 83.6 cm³/mol. The van der Waals surface area contributed by atoms with Gasteiger partial charge in [-0.15, -0.1) is 0 Å². The number of hydrogen-bond donors (Lipinski definition) is 0. The number of rotatable bonds is 5. The highest BCUT2D eigenvalue weighted by Gasteiger charge is 2.17. The minimum absolute atomic E-state index is 0.238. The average molecular weight is 282 g/mol. The number of carbonyl (C=O) groups is 1. The zero-order valence-electron chi connectivity index (χ0n) is 12.6. The largest absolute Gasteiger partial charge is 0.332 e. The van der Waals surface area contributed by atoms with Gasteiger partial charge in [-0.05, 0) is 39.0 Å². The maximum Gasteiger partial charge on any atom is 0.162 e. The van der Waals surface area contributed by atoms with Crippen molar-refractivity contribution in [2.45, 2.75) is 52.0 Å². The summed E-state index contributed by atoms with van der Waals surface area (Å²) in [6.07, 6.45) is 6.28. The van der Waals surface area contributed by atoms with E-state index in [1.54, 1.807) is 0 Å². The van der Waals surface area contributed by atoms with Gasteiger partial charge in [0.15, 0.2) is 5.78 Å². The number of aromatic nitrogens is 2. The second kappa shape index (κ2) is 6.25. The molecule has 0 N–H and O–H groups in total. The van der Waals surface area contributed by atoms with Gasteiger partial charge in [0.05, 0.1) is 5.69 Å². The van der Waals surface area contributed by atoms with E-state index in [0.29, 0.717) is 6.42 Å². The highest BCUT2D eigenvalue weighted by atomic mass is 16.1. The van der Waals surface area contributed by atoms with E-state index < -0.39 is 0 Å². The maximum atomic E-state index is 12.1. The Bertz CT molecular complexity index is 628. The second-order valence-electron chi connectivity index (χ2n) is 5.80. The average Bonchev–Trinajstić information content (AvgIpc) is 2.84. The fourth-order valence-electron chi connectivity index (χ4n) is 3.20. The molecule has 0 saturated carbocycles. The molecule has 0 saturated heterocycles. The van der Waals surface area contributed by atoms with Crippen LogP contribution in [0.2, 0.25) is 0 Å². The van der Waals surface area contributed by atoms with Crippen LogP contribution in [0.5, 0.6) is 0 Å². The van der Waals surface area contributed by atoms with Crippen LogP contribution in [0.1, 0.15) is 53.3 Å². The number of nitrogens with zero attached hydrogens (tertiary/aromatic N) is 2. The first kappa shape index (κ1) is 14.1. The van der Waals surface area contributed by atoms with E-state index in [0.717, 1.165) is 37.2 Å². The van der Waals surface area contributed by atoms with Gasteiger partial charge in [-0.1, -0.05) is 30.3 Å². The van der Waals surface area contributed by atoms with Crippen molar-refractivity contribution in [1.29, 1.82) is 0 Å². The minimum atomic E-state index is 0.238. The standard InChI is InChI=1S/C18H22N2O/c1-14-19-16-10-5-6-11-17(16)20(14)13-7-12-18(21)15-8-3-2-4-9-15/h2-4,8-9H,5-7,10-13H2,1H3. The fourth-order valence-corrected chi connectivity index (χ4v) is 3.20. The van der Waals surface area contributed by atoms with Crippen LogP contribution < -0.4 is 0 Å². The highest BCUT2D eigenvalue weighted by Crippen LogP contribution is 2.22. The molecule has 2 aromatic rings. The van der Waals surface area contributed by atoms with Gasteiger partial charge >= 0.3 is 0 Å². The summed E-state index contributed by atoms with van der Waals surface area (Å²) in [5, 5.41) is 0. The van der Waals surface area contributed by atoms with Gasteiger partial charge in [0.25, 0.3) is 0 Å². The molecule has 3 nitrogen and oxygen atoms in total. The first-order valence-electron chi connectivity index (χ1n) is 7.89. The fraction of sp³-hybridized carbons (Fsp3) is 0.444. The second-order valence-corrected chi connectivity index (χ2v) is 5.80. The summed E-state index contributed by atoms with van der Waals surface area (Å²) in [6.45, 7) is 2.99. The third-order valence-electron chi connectivity index (χ3n) is 4.30. The van der Waals surface area contributed by atoms with Crippen molar-refractivity contribution in [1.82, 2.24) is 9.55 Å². The molecule has 0 atom stereocenters. The molecule has 0 amide bonds. The van der Waals surface area contributed by atoms with Crippen LogP contribution in [-0.2, 0) is 19.4 Å². The molecule has 1 aromatic carbocycles. The summed E-state index contributed by atoms with van der Waals surface area (Å²) < 4.78 is 2.33. The summed E-state index contributed by atoms with van der Waals surface area (Å²) in [4.78, 5) is 16.8. The Hall–Kier alpha value is -1.90. The number of ketones is 1. The van der Waals surface area contributed by atoms with Crippen molar-refractivity contribution in [3.8, 4) is 0 Å². The Morgan fingerprint density at radius 1 is 1.19 bits per heavy atom. The SMILES string of the molecule is Cc1nc2c(n1CCCC(=O)c1ccccc1)CCCC2. The molecule has 0 unspecified atom stereocenters. The lowest BCUT2D eigenvalue weighted by atomic mass is 10.0. The van der Waals surface area contributed by atoms with E-state index in [-0.39, 0.29) is 5.78 Å². The van der Waals surface area contributed by atoms with Crippen molar-refractivity contribution < 1.29 is 4.79 Å². The van der Waals surface area contributed by atoms with Crippen LogP contribution in [0.15, 0.2) is 30.3 Å². The number of Topliss-reactive ketones (excluding diaryl/α,β-unsaturated/α-hetero) is 1. The van der Waals surface area contributed by atoms with E-state index in [1.807, 2.05) is 30.3 Å². The van der Waals surface area contributed by atoms with Crippen LogP contribution in [0.4, 0.5) is 0 Å². The normalized spacial score (nSPS) is 14.0. The van der Waals surface area contributed by atoms with Gasteiger partial charge in [0.2, 0.25) is 0 Å². The summed E-state index contributed by atoms with van der Waals surface area (Å²) in [5.74, 6) is 1.34. The van der Waals surface area contributed by atoms with Crippen molar-refractivity contribution in [2.24, 2.45) is 0 Å². The van der Waals surface area contributed by atoms with Gasteiger partial charge < -0.3 is 4.57 Å². The Balaban J connectivity index is 1.61. The van der Waals surface area contributed by atoms with Crippen LogP contribution in [0, 0.1) is 6.92 Å². The van der Waals surface area contributed by atoms with Crippen molar-refractivity contribution in [2.75, 3.05) is 0 Å². The molecule has 0 aliphatic heterocycles. The van der Waals surface area contributed by atoms with Crippen molar-refractivity contribution in [3.05, 3.63) is 53.1 Å². The number of imidazole rings is 1. The number of fused-ring (bicyclic) bond motifs is 1. The van der Waals surface area contributed by atoms with Gasteiger partial charge in [0.1, 0.15) is 5.82 Å². The van der Waals surface area contributed by atoms with Crippen LogP contribution in [0.3, 0.4) is 0 Å². The molecule has 21 heavy (non-hydrogen) atoms. The molecule has 0 bridgehead atoms. The molecule has 1 aliphatic carbocycles. The molecular formula is C18H22N2O. The molecule has 0 spiro atoms. The molecular weight excluding hydrogens is 260 g/mol. The summed E-state index contributed by atoms with van der Waals surface area (Å²) in [5.41, 5.74) is 3.51. The Morgan fingerprint density at radius 2 is 1.95 bits per heavy atom. The molecule has 1 heterocycles. The molecule has 0 fully saturated rings. The van der Waals surface area contributed by atoms with Gasteiger partial charge in [0, 0.05) is 24.2 Å². The monoisotopic (exact) mass is 282 g/mol. The maximum absolute atomic E-state index is 12.1. The Morgan fingerprint density at radius 3 is 2.76 bits per heavy atom. The molecule has 3 rings (SSSR count). The lowest BCUT2D eigenvalue weighted by Crippen LogP contribution is -2.10. The van der Waals surface area contributed by atoms with Gasteiger partial charge in [-0.25, -0.2) is 4.98 Å². The zero-order chi connectivity index (χ0) is 14.7. The quantitative estimate of drug-likeness (QED) is 0.783. The van der Waals surface area contributed by atoms with E-state index in [9.17, 15) is 4.79 Å². The molecule has 3 heteroatoms. The van der Waals surface area contributed by atoms with Crippen molar-refractivity contribution in [3.63, 3.8) is 0 Å². The third-order valence-corrected chi connectivity index (χ3v) is 4.30. The van der Waals surface area contributed by atoms with Crippen LogP contribution >= 0.6 is 0 Å². The molecule has 110 valence electrons. The van der Waals surface area contributed by atoms with E-state index in [2.05, 4.69) is 16.5 Å². The smallest absolute Gasteiger partial charge is 0.162 e. The van der Waals surface area contributed by atoms with E-state index in [1.165, 1.54) is 24.2 Å². The lowest BCUT2D eigenvalue weighted by molar-refractivity contribution is 0.0978. The van der Waals surface area contributed by atoms with Gasteiger partial charge in [-0.3, -0.25) is 4.79 Å². The molecule has 1 aromatic heterocycles. The van der Waals surface area contributed by atoms with Crippen molar-refractivity contribution >= 4 is 5.78 Å². The first-order valence-corrected chi connectivity index (χ1v) is 7.89. The van der Waals surface area contributed by atoms with Crippen LogP contribution in [-0.4, -0.2) is 15.3 Å². The predicted octanol–water partition coefficient (Wildman–Crippen LogP) is 3.73. The summed E-state index contributed by atoms with van der Waals surface area (Å²) in [6, 6.07) is 9.57. The molecule has 1 aliphatic rings. The van der Waals surface area contributed by atoms with E-state index >= 15 is 0 Å². The third kappa shape index (κ3) is 3.07. The lowest BCUT2D eigenvalue weighted by Gasteiger charge is -2.14.